The van der Waals surface area contributed by atoms with E-state index in [1.54, 1.807) is 6.07 Å². The van der Waals surface area contributed by atoms with Crippen molar-refractivity contribution in [2.45, 2.75) is 0 Å². The Bertz CT molecular complexity index is 504. The van der Waals surface area contributed by atoms with Crippen LogP contribution < -0.4 is 0 Å². The highest BCUT2D eigenvalue weighted by atomic mass is 19.1. The highest BCUT2D eigenvalue weighted by Crippen LogP contribution is 2.28. The molecule has 16 heavy (non-hydrogen) atoms. The summed E-state index contributed by atoms with van der Waals surface area (Å²) >= 11 is 0. The minimum atomic E-state index is -0.897. The molecule has 0 radical (unpaired) electrons. The monoisotopic (exact) mass is 222 g/mol. The largest absolute Gasteiger partial charge is 0.489 e. The second-order valence-electron chi connectivity index (χ2n) is 3.07. The number of esters is 2. The molecule has 4 nitrogen and oxygen atoms in total. The van der Waals surface area contributed by atoms with Gasteiger partial charge in [0.1, 0.15) is 11.4 Å². The summed E-state index contributed by atoms with van der Waals surface area (Å²) in [5.41, 5.74) is -0.180. The number of methoxy groups -OCH3 is 1. The number of cyclic esters (lactones) is 2. The highest BCUT2D eigenvalue weighted by Gasteiger charge is 2.36. The van der Waals surface area contributed by atoms with E-state index >= 15 is 0 Å². The van der Waals surface area contributed by atoms with Gasteiger partial charge in [0.05, 0.1) is 7.11 Å². The van der Waals surface area contributed by atoms with Crippen LogP contribution in [0.15, 0.2) is 30.0 Å². The van der Waals surface area contributed by atoms with Crippen LogP contribution in [0.2, 0.25) is 0 Å². The van der Waals surface area contributed by atoms with E-state index in [-0.39, 0.29) is 16.9 Å². The first-order valence-corrected chi connectivity index (χ1v) is 4.45. The molecule has 82 valence electrons. The van der Waals surface area contributed by atoms with Gasteiger partial charge in [0, 0.05) is 5.56 Å². The van der Waals surface area contributed by atoms with Gasteiger partial charge in [0.25, 0.3) is 0 Å². The number of benzene rings is 1. The number of hydrogen-bond donors (Lipinski definition) is 0. The number of ether oxygens (including phenoxy) is 2. The topological polar surface area (TPSA) is 52.6 Å². The van der Waals surface area contributed by atoms with Gasteiger partial charge < -0.3 is 9.47 Å². The van der Waals surface area contributed by atoms with Crippen LogP contribution in [0.4, 0.5) is 4.39 Å². The van der Waals surface area contributed by atoms with E-state index in [0.29, 0.717) is 0 Å². The Morgan fingerprint density at radius 1 is 1.19 bits per heavy atom. The van der Waals surface area contributed by atoms with Crippen molar-refractivity contribution >= 4 is 17.5 Å². The molecule has 0 atom stereocenters. The fourth-order valence-electron chi connectivity index (χ4n) is 1.46. The van der Waals surface area contributed by atoms with Crippen molar-refractivity contribution in [2.75, 3.05) is 7.11 Å². The van der Waals surface area contributed by atoms with E-state index in [1.165, 1.54) is 25.3 Å². The van der Waals surface area contributed by atoms with E-state index in [4.69, 9.17) is 4.74 Å². The lowest BCUT2D eigenvalue weighted by molar-refractivity contribution is -0.151. The van der Waals surface area contributed by atoms with Crippen LogP contribution in [0.1, 0.15) is 5.56 Å². The van der Waals surface area contributed by atoms with Crippen molar-refractivity contribution < 1.29 is 23.5 Å². The molecule has 1 heterocycles. The number of carbonyl (C=O) groups is 2. The Labute approximate surface area is 90.3 Å². The minimum Gasteiger partial charge on any atom is -0.489 e. The third-order valence-corrected chi connectivity index (χ3v) is 2.15. The Hall–Kier alpha value is -2.17. The Morgan fingerprint density at radius 3 is 2.50 bits per heavy atom. The van der Waals surface area contributed by atoms with Gasteiger partial charge in [-0.1, -0.05) is 18.2 Å². The summed E-state index contributed by atoms with van der Waals surface area (Å²) in [5.74, 6) is -2.67. The molecule has 0 aromatic heterocycles. The lowest BCUT2D eigenvalue weighted by Gasteiger charge is -2.02. The van der Waals surface area contributed by atoms with Crippen LogP contribution in [0.25, 0.3) is 5.57 Å². The van der Waals surface area contributed by atoms with Gasteiger partial charge in [-0.3, -0.25) is 0 Å². The van der Waals surface area contributed by atoms with Crippen LogP contribution in [0, 0.1) is 5.82 Å². The van der Waals surface area contributed by atoms with Gasteiger partial charge in [-0.2, -0.15) is 0 Å². The van der Waals surface area contributed by atoms with E-state index < -0.39 is 17.8 Å². The molecule has 0 saturated heterocycles. The van der Waals surface area contributed by atoms with Crippen LogP contribution >= 0.6 is 0 Å². The molecular weight excluding hydrogens is 215 g/mol. The van der Waals surface area contributed by atoms with E-state index in [2.05, 4.69) is 4.74 Å². The molecule has 1 aromatic carbocycles. The van der Waals surface area contributed by atoms with Crippen molar-refractivity contribution in [3.8, 4) is 0 Å². The van der Waals surface area contributed by atoms with Gasteiger partial charge in [-0.05, 0) is 6.07 Å². The SMILES string of the molecule is COC1=C(c2ccccc2F)C(=O)OC1=O. The normalized spacial score (nSPS) is 15.4. The summed E-state index contributed by atoms with van der Waals surface area (Å²) in [7, 11) is 1.22. The van der Waals surface area contributed by atoms with Gasteiger partial charge >= 0.3 is 11.9 Å². The maximum atomic E-state index is 13.4. The molecule has 2 rings (SSSR count). The molecule has 0 saturated carbocycles. The number of rotatable bonds is 2. The van der Waals surface area contributed by atoms with Gasteiger partial charge in [-0.15, -0.1) is 0 Å². The number of halogens is 1. The van der Waals surface area contributed by atoms with Gasteiger partial charge in [0.2, 0.25) is 5.76 Å². The van der Waals surface area contributed by atoms with E-state index in [0.717, 1.165) is 0 Å². The van der Waals surface area contributed by atoms with Crippen molar-refractivity contribution in [2.24, 2.45) is 0 Å². The summed E-state index contributed by atoms with van der Waals surface area (Å²) in [4.78, 5) is 22.5. The van der Waals surface area contributed by atoms with Crippen LogP contribution in [0.3, 0.4) is 0 Å². The predicted octanol–water partition coefficient (Wildman–Crippen LogP) is 1.27. The first-order valence-electron chi connectivity index (χ1n) is 4.45. The van der Waals surface area contributed by atoms with Crippen LogP contribution in [-0.2, 0) is 19.1 Å². The fraction of sp³-hybridized carbons (Fsp3) is 0.0909. The third-order valence-electron chi connectivity index (χ3n) is 2.15. The first-order chi connectivity index (χ1) is 7.65. The summed E-state index contributed by atoms with van der Waals surface area (Å²) in [5, 5.41) is 0. The zero-order valence-electron chi connectivity index (χ0n) is 8.32. The van der Waals surface area contributed by atoms with Crippen LogP contribution in [-0.4, -0.2) is 19.0 Å². The number of hydrogen-bond acceptors (Lipinski definition) is 4. The highest BCUT2D eigenvalue weighted by molar-refractivity contribution is 6.30. The summed E-state index contributed by atoms with van der Waals surface area (Å²) < 4.78 is 22.5. The summed E-state index contributed by atoms with van der Waals surface area (Å²) in [6.45, 7) is 0. The molecule has 0 amide bonds. The lowest BCUT2D eigenvalue weighted by atomic mass is 10.1. The van der Waals surface area contributed by atoms with E-state index in [9.17, 15) is 14.0 Å². The molecule has 0 unspecified atom stereocenters. The molecule has 0 aliphatic carbocycles. The molecule has 0 bridgehead atoms. The molecule has 0 spiro atoms. The zero-order valence-corrected chi connectivity index (χ0v) is 8.32. The zero-order chi connectivity index (χ0) is 11.7. The molecule has 1 aliphatic heterocycles. The average Bonchev–Trinajstić information content (AvgIpc) is 2.54. The molecule has 0 N–H and O–H groups in total. The average molecular weight is 222 g/mol. The lowest BCUT2D eigenvalue weighted by Crippen LogP contribution is -2.02. The Balaban J connectivity index is 2.62. The molecule has 1 aromatic rings. The number of carbonyl (C=O) groups excluding carboxylic acids is 2. The maximum Gasteiger partial charge on any atom is 0.382 e. The van der Waals surface area contributed by atoms with Gasteiger partial charge in [-0.25, -0.2) is 14.0 Å². The van der Waals surface area contributed by atoms with Crippen LogP contribution in [0.5, 0.6) is 0 Å². The predicted molar refractivity (Wildman–Crippen MR) is 51.4 cm³/mol. The fourth-order valence-corrected chi connectivity index (χ4v) is 1.46. The smallest absolute Gasteiger partial charge is 0.382 e. The maximum absolute atomic E-state index is 13.4. The second kappa shape index (κ2) is 3.77. The summed E-state index contributed by atoms with van der Waals surface area (Å²) in [6, 6.07) is 5.60. The quantitative estimate of drug-likeness (QED) is 0.558. The molecule has 0 fully saturated rings. The minimum absolute atomic E-state index is 0.00444. The Morgan fingerprint density at radius 2 is 1.88 bits per heavy atom. The van der Waals surface area contributed by atoms with Crippen molar-refractivity contribution in [1.82, 2.24) is 0 Å². The standard InChI is InChI=1S/C11H7FO4/c1-15-9-8(10(13)16-11(9)14)6-4-2-3-5-7(6)12/h2-5H,1H3. The van der Waals surface area contributed by atoms with E-state index in [1.807, 2.05) is 0 Å². The molecule has 5 heteroatoms. The van der Waals surface area contributed by atoms with Gasteiger partial charge in [0.15, 0.2) is 0 Å². The summed E-state index contributed by atoms with van der Waals surface area (Å²) in [6.07, 6.45) is 0. The molecule has 1 aliphatic rings. The first kappa shape index (κ1) is 10.4. The molecular formula is C11H7FO4. The Kier molecular flexibility index (Phi) is 2.44. The van der Waals surface area contributed by atoms with Crippen molar-refractivity contribution in [3.63, 3.8) is 0 Å². The second-order valence-corrected chi connectivity index (χ2v) is 3.07. The van der Waals surface area contributed by atoms with Crippen molar-refractivity contribution in [1.29, 1.82) is 0 Å². The van der Waals surface area contributed by atoms with Crippen molar-refractivity contribution in [3.05, 3.63) is 41.4 Å². The third kappa shape index (κ3) is 1.46.